The highest BCUT2D eigenvalue weighted by atomic mass is 16.5. The summed E-state index contributed by atoms with van der Waals surface area (Å²) < 4.78 is 10.8. The molecule has 0 amide bonds. The van der Waals surface area contributed by atoms with Crippen LogP contribution in [0, 0.1) is 11.3 Å². The molecule has 0 radical (unpaired) electrons. The SMILES string of the molecule is CCO[C@@H](CC#N)C[C@@H](C)OCC. The molecule has 0 spiro atoms. The number of ether oxygens (including phenoxy) is 2. The van der Waals surface area contributed by atoms with E-state index in [0.29, 0.717) is 19.6 Å². The first-order valence-corrected chi connectivity index (χ1v) is 4.84. The lowest BCUT2D eigenvalue weighted by atomic mass is 10.1. The van der Waals surface area contributed by atoms with Gasteiger partial charge in [0.05, 0.1) is 24.7 Å². The molecule has 0 aromatic carbocycles. The van der Waals surface area contributed by atoms with E-state index < -0.39 is 0 Å². The molecule has 0 N–H and O–H groups in total. The molecule has 3 nitrogen and oxygen atoms in total. The fourth-order valence-corrected chi connectivity index (χ4v) is 1.27. The van der Waals surface area contributed by atoms with Gasteiger partial charge in [0.1, 0.15) is 0 Å². The summed E-state index contributed by atoms with van der Waals surface area (Å²) in [5.74, 6) is 0. The van der Waals surface area contributed by atoms with Gasteiger partial charge in [0.2, 0.25) is 0 Å². The number of hydrogen-bond donors (Lipinski definition) is 0. The Labute approximate surface area is 80.6 Å². The van der Waals surface area contributed by atoms with Gasteiger partial charge in [0, 0.05) is 19.6 Å². The number of rotatable bonds is 7. The average Bonchev–Trinajstić information content (AvgIpc) is 2.05. The molecule has 0 heterocycles. The van der Waals surface area contributed by atoms with E-state index in [1.807, 2.05) is 20.8 Å². The third-order valence-corrected chi connectivity index (χ3v) is 1.77. The first-order chi connectivity index (χ1) is 6.24. The minimum atomic E-state index is 0.0246. The molecule has 76 valence electrons. The molecular formula is C10H19NO2. The summed E-state index contributed by atoms with van der Waals surface area (Å²) in [6, 6.07) is 2.12. The lowest BCUT2D eigenvalue weighted by Crippen LogP contribution is -2.20. The van der Waals surface area contributed by atoms with Crippen LogP contribution in [0.25, 0.3) is 0 Å². The van der Waals surface area contributed by atoms with Gasteiger partial charge in [-0.25, -0.2) is 0 Å². The van der Waals surface area contributed by atoms with Crippen molar-refractivity contribution in [2.24, 2.45) is 0 Å². The maximum Gasteiger partial charge on any atom is 0.0729 e. The zero-order valence-corrected chi connectivity index (χ0v) is 8.75. The van der Waals surface area contributed by atoms with Gasteiger partial charge in [0.15, 0.2) is 0 Å². The number of hydrogen-bond acceptors (Lipinski definition) is 3. The maximum absolute atomic E-state index is 8.54. The quantitative estimate of drug-likeness (QED) is 0.610. The molecule has 0 aliphatic heterocycles. The first-order valence-electron chi connectivity index (χ1n) is 4.84. The van der Waals surface area contributed by atoms with Gasteiger partial charge in [-0.1, -0.05) is 0 Å². The molecule has 13 heavy (non-hydrogen) atoms. The first kappa shape index (κ1) is 12.4. The van der Waals surface area contributed by atoms with Crippen LogP contribution in [-0.4, -0.2) is 25.4 Å². The van der Waals surface area contributed by atoms with E-state index >= 15 is 0 Å². The largest absolute Gasteiger partial charge is 0.379 e. The summed E-state index contributed by atoms with van der Waals surface area (Å²) in [6.45, 7) is 7.29. The Morgan fingerprint density at radius 1 is 1.23 bits per heavy atom. The minimum absolute atomic E-state index is 0.0246. The Hall–Kier alpha value is -0.590. The summed E-state index contributed by atoms with van der Waals surface area (Å²) in [6.07, 6.45) is 1.45. The summed E-state index contributed by atoms with van der Waals surface area (Å²) in [7, 11) is 0. The van der Waals surface area contributed by atoms with Gasteiger partial charge in [0.25, 0.3) is 0 Å². The third-order valence-electron chi connectivity index (χ3n) is 1.77. The van der Waals surface area contributed by atoms with Gasteiger partial charge in [-0.05, 0) is 20.8 Å². The number of nitrogens with zero attached hydrogens (tertiary/aromatic N) is 1. The highest BCUT2D eigenvalue weighted by Crippen LogP contribution is 2.09. The minimum Gasteiger partial charge on any atom is -0.379 e. The Morgan fingerprint density at radius 3 is 2.31 bits per heavy atom. The van der Waals surface area contributed by atoms with E-state index in [1.165, 1.54) is 0 Å². The maximum atomic E-state index is 8.54. The molecule has 2 atom stereocenters. The Bertz CT molecular complexity index is 153. The van der Waals surface area contributed by atoms with E-state index in [2.05, 4.69) is 6.07 Å². The van der Waals surface area contributed by atoms with Crippen LogP contribution >= 0.6 is 0 Å². The molecule has 0 aliphatic carbocycles. The molecule has 0 fully saturated rings. The van der Waals surface area contributed by atoms with Gasteiger partial charge >= 0.3 is 0 Å². The van der Waals surface area contributed by atoms with Crippen LogP contribution in [0.15, 0.2) is 0 Å². The van der Waals surface area contributed by atoms with Crippen LogP contribution in [0.2, 0.25) is 0 Å². The van der Waals surface area contributed by atoms with Crippen LogP contribution in [0.1, 0.15) is 33.6 Å². The highest BCUT2D eigenvalue weighted by Gasteiger charge is 2.12. The predicted molar refractivity (Wildman–Crippen MR) is 51.3 cm³/mol. The zero-order valence-electron chi connectivity index (χ0n) is 8.75. The predicted octanol–water partition coefficient (Wildman–Crippen LogP) is 2.12. The van der Waals surface area contributed by atoms with E-state index in [0.717, 1.165) is 6.42 Å². The molecule has 3 heteroatoms. The monoisotopic (exact) mass is 185 g/mol. The Kier molecular flexibility index (Phi) is 7.66. The lowest BCUT2D eigenvalue weighted by molar-refractivity contribution is -0.000530. The van der Waals surface area contributed by atoms with Gasteiger partial charge in [-0.15, -0.1) is 0 Å². The zero-order chi connectivity index (χ0) is 10.1. The molecule has 0 aromatic rings. The highest BCUT2D eigenvalue weighted by molar-refractivity contribution is 4.77. The molecule has 0 rings (SSSR count). The van der Waals surface area contributed by atoms with Gasteiger partial charge in [-0.2, -0.15) is 5.26 Å². The van der Waals surface area contributed by atoms with Gasteiger partial charge in [-0.3, -0.25) is 0 Å². The van der Waals surface area contributed by atoms with Crippen molar-refractivity contribution in [3.8, 4) is 6.07 Å². The van der Waals surface area contributed by atoms with Gasteiger partial charge < -0.3 is 9.47 Å². The van der Waals surface area contributed by atoms with Crippen LogP contribution in [0.3, 0.4) is 0 Å². The van der Waals surface area contributed by atoms with E-state index in [4.69, 9.17) is 14.7 Å². The van der Waals surface area contributed by atoms with Crippen molar-refractivity contribution in [2.45, 2.75) is 45.8 Å². The smallest absolute Gasteiger partial charge is 0.0729 e. The third kappa shape index (κ3) is 6.56. The molecule has 0 unspecified atom stereocenters. The van der Waals surface area contributed by atoms with Crippen molar-refractivity contribution >= 4 is 0 Å². The molecule has 0 saturated heterocycles. The van der Waals surface area contributed by atoms with Crippen molar-refractivity contribution < 1.29 is 9.47 Å². The standard InChI is InChI=1S/C10H19NO2/c1-4-12-9(3)8-10(6-7-11)13-5-2/h9-10H,4-6,8H2,1-3H3/t9-,10+/m1/s1. The van der Waals surface area contributed by atoms with Crippen molar-refractivity contribution in [1.29, 1.82) is 5.26 Å². The summed E-state index contributed by atoms with van der Waals surface area (Å²) in [5.41, 5.74) is 0. The number of nitriles is 1. The van der Waals surface area contributed by atoms with E-state index in [9.17, 15) is 0 Å². The second kappa shape index (κ2) is 8.03. The summed E-state index contributed by atoms with van der Waals surface area (Å²) >= 11 is 0. The van der Waals surface area contributed by atoms with Crippen molar-refractivity contribution in [3.05, 3.63) is 0 Å². The summed E-state index contributed by atoms with van der Waals surface area (Å²) in [5, 5.41) is 8.54. The molecule has 0 saturated carbocycles. The molecule has 0 bridgehead atoms. The molecular weight excluding hydrogens is 166 g/mol. The van der Waals surface area contributed by atoms with Crippen LogP contribution in [0.5, 0.6) is 0 Å². The Balaban J connectivity index is 3.73. The topological polar surface area (TPSA) is 42.2 Å². The normalized spacial score (nSPS) is 14.9. The fraction of sp³-hybridized carbons (Fsp3) is 0.900. The van der Waals surface area contributed by atoms with Crippen LogP contribution in [-0.2, 0) is 9.47 Å². The van der Waals surface area contributed by atoms with Crippen LogP contribution < -0.4 is 0 Å². The lowest BCUT2D eigenvalue weighted by Gasteiger charge is -2.18. The van der Waals surface area contributed by atoms with E-state index in [-0.39, 0.29) is 12.2 Å². The second-order valence-corrected chi connectivity index (χ2v) is 2.94. The Morgan fingerprint density at radius 2 is 1.85 bits per heavy atom. The fourth-order valence-electron chi connectivity index (χ4n) is 1.27. The van der Waals surface area contributed by atoms with Crippen molar-refractivity contribution in [3.63, 3.8) is 0 Å². The second-order valence-electron chi connectivity index (χ2n) is 2.94. The van der Waals surface area contributed by atoms with Crippen molar-refractivity contribution in [1.82, 2.24) is 0 Å². The average molecular weight is 185 g/mol. The summed E-state index contributed by atoms with van der Waals surface area (Å²) in [4.78, 5) is 0. The van der Waals surface area contributed by atoms with Crippen molar-refractivity contribution in [2.75, 3.05) is 13.2 Å². The van der Waals surface area contributed by atoms with Crippen LogP contribution in [0.4, 0.5) is 0 Å². The molecule has 0 aromatic heterocycles. The van der Waals surface area contributed by atoms with E-state index in [1.54, 1.807) is 0 Å². The molecule has 0 aliphatic rings.